The SMILES string of the molecule is CCN(Cc1ccccc1)C(=O)Cn1cnc2c(-c3ccc(Cl)cc3)cn(C)c2c1=O. The third kappa shape index (κ3) is 4.25. The molecule has 0 aliphatic rings. The number of aromatic nitrogens is 3. The molecule has 0 saturated carbocycles. The van der Waals surface area contributed by atoms with Gasteiger partial charge in [0.25, 0.3) is 5.56 Å². The summed E-state index contributed by atoms with van der Waals surface area (Å²) in [6, 6.07) is 17.2. The van der Waals surface area contributed by atoms with Gasteiger partial charge in [0.15, 0.2) is 0 Å². The minimum atomic E-state index is -0.239. The van der Waals surface area contributed by atoms with Crippen molar-refractivity contribution in [2.24, 2.45) is 7.05 Å². The molecule has 0 unspecified atom stereocenters. The number of fused-ring (bicyclic) bond motifs is 1. The lowest BCUT2D eigenvalue weighted by molar-refractivity contribution is -0.132. The molecule has 2 heterocycles. The number of carbonyl (C=O) groups excluding carboxylic acids is 1. The van der Waals surface area contributed by atoms with Gasteiger partial charge in [0.2, 0.25) is 5.91 Å². The summed E-state index contributed by atoms with van der Waals surface area (Å²) in [6.45, 7) is 2.94. The van der Waals surface area contributed by atoms with Crippen LogP contribution in [0.5, 0.6) is 0 Å². The van der Waals surface area contributed by atoms with Crippen LogP contribution >= 0.6 is 11.6 Å². The number of rotatable bonds is 6. The van der Waals surface area contributed by atoms with Gasteiger partial charge in [-0.05, 0) is 30.2 Å². The van der Waals surface area contributed by atoms with Crippen LogP contribution in [-0.2, 0) is 24.9 Å². The Kier molecular flexibility index (Phi) is 5.91. The topological polar surface area (TPSA) is 60.1 Å². The highest BCUT2D eigenvalue weighted by atomic mass is 35.5. The van der Waals surface area contributed by atoms with Crippen molar-refractivity contribution in [1.29, 1.82) is 0 Å². The van der Waals surface area contributed by atoms with Gasteiger partial charge in [-0.3, -0.25) is 14.2 Å². The molecule has 4 rings (SSSR count). The van der Waals surface area contributed by atoms with Crippen LogP contribution in [0.1, 0.15) is 12.5 Å². The highest BCUT2D eigenvalue weighted by Gasteiger charge is 2.18. The largest absolute Gasteiger partial charge is 0.344 e. The molecular weight excluding hydrogens is 412 g/mol. The number of nitrogens with zero attached hydrogens (tertiary/aromatic N) is 4. The standard InChI is InChI=1S/C24H23ClN4O2/c1-3-28(13-17-7-5-4-6-8-17)21(30)15-29-16-26-22-20(14-27(2)23(22)24(29)31)18-9-11-19(25)12-10-18/h4-12,14,16H,3,13,15H2,1-2H3. The first-order valence-corrected chi connectivity index (χ1v) is 10.5. The Morgan fingerprint density at radius 3 is 2.48 bits per heavy atom. The van der Waals surface area contributed by atoms with E-state index in [4.69, 9.17) is 11.6 Å². The third-order valence-electron chi connectivity index (χ3n) is 5.36. The van der Waals surface area contributed by atoms with Gasteiger partial charge >= 0.3 is 0 Å². The molecule has 0 radical (unpaired) electrons. The lowest BCUT2D eigenvalue weighted by Gasteiger charge is -2.21. The Bertz CT molecular complexity index is 1280. The first-order chi connectivity index (χ1) is 15.0. The molecule has 158 valence electrons. The predicted octanol–water partition coefficient (Wildman–Crippen LogP) is 4.10. The number of halogens is 1. The molecule has 0 bridgehead atoms. The van der Waals surface area contributed by atoms with Gasteiger partial charge in [-0.2, -0.15) is 0 Å². The van der Waals surface area contributed by atoms with E-state index in [1.807, 2.05) is 74.8 Å². The quantitative estimate of drug-likeness (QED) is 0.459. The molecule has 7 heteroatoms. The average Bonchev–Trinajstić information content (AvgIpc) is 3.12. The summed E-state index contributed by atoms with van der Waals surface area (Å²) in [5, 5.41) is 0.647. The number of carbonyl (C=O) groups is 1. The van der Waals surface area contributed by atoms with Crippen molar-refractivity contribution in [3.05, 3.63) is 88.1 Å². The first kappa shape index (κ1) is 20.9. The number of hydrogen-bond donors (Lipinski definition) is 0. The molecule has 0 aliphatic heterocycles. The van der Waals surface area contributed by atoms with Crippen molar-refractivity contribution < 1.29 is 4.79 Å². The van der Waals surface area contributed by atoms with Crippen molar-refractivity contribution in [2.75, 3.05) is 6.54 Å². The smallest absolute Gasteiger partial charge is 0.278 e. The average molecular weight is 435 g/mol. The predicted molar refractivity (Wildman–Crippen MR) is 123 cm³/mol. The second-order valence-electron chi connectivity index (χ2n) is 7.43. The molecule has 0 N–H and O–H groups in total. The molecule has 0 spiro atoms. The fraction of sp³-hybridized carbons (Fsp3) is 0.208. The van der Waals surface area contributed by atoms with E-state index in [1.165, 1.54) is 10.9 Å². The van der Waals surface area contributed by atoms with Gasteiger partial charge in [-0.15, -0.1) is 0 Å². The van der Waals surface area contributed by atoms with Gasteiger partial charge in [-0.25, -0.2) is 4.98 Å². The summed E-state index contributed by atoms with van der Waals surface area (Å²) in [4.78, 5) is 32.3. The van der Waals surface area contributed by atoms with Crippen molar-refractivity contribution in [2.45, 2.75) is 20.0 Å². The summed E-state index contributed by atoms with van der Waals surface area (Å²) in [6.07, 6.45) is 3.33. The molecule has 1 amide bonds. The Morgan fingerprint density at radius 2 is 1.81 bits per heavy atom. The summed E-state index contributed by atoms with van der Waals surface area (Å²) < 4.78 is 3.14. The maximum absolute atomic E-state index is 13.2. The van der Waals surface area contributed by atoms with Gasteiger partial charge in [-0.1, -0.05) is 54.1 Å². The zero-order chi connectivity index (χ0) is 22.0. The van der Waals surface area contributed by atoms with Crippen molar-refractivity contribution >= 4 is 28.5 Å². The van der Waals surface area contributed by atoms with Crippen LogP contribution in [0.25, 0.3) is 22.2 Å². The summed E-state index contributed by atoms with van der Waals surface area (Å²) in [5.41, 5.74) is 3.66. The number of amides is 1. The molecule has 0 atom stereocenters. The van der Waals surface area contributed by atoms with Crippen LogP contribution < -0.4 is 5.56 Å². The summed E-state index contributed by atoms with van der Waals surface area (Å²) in [5.74, 6) is -0.123. The van der Waals surface area contributed by atoms with Crippen LogP contribution in [0, 0.1) is 0 Å². The molecule has 0 saturated heterocycles. The van der Waals surface area contributed by atoms with Crippen LogP contribution in [-0.4, -0.2) is 31.5 Å². The number of benzene rings is 2. The van der Waals surface area contributed by atoms with E-state index >= 15 is 0 Å². The normalized spacial score (nSPS) is 11.1. The monoisotopic (exact) mass is 434 g/mol. The van der Waals surface area contributed by atoms with Crippen LogP contribution in [0.3, 0.4) is 0 Å². The lowest BCUT2D eigenvalue weighted by Crippen LogP contribution is -2.36. The molecule has 2 aromatic heterocycles. The van der Waals surface area contributed by atoms with Gasteiger partial charge in [0, 0.05) is 36.9 Å². The van der Waals surface area contributed by atoms with E-state index < -0.39 is 0 Å². The minimum absolute atomic E-state index is 0.0517. The van der Waals surface area contributed by atoms with E-state index in [-0.39, 0.29) is 18.0 Å². The first-order valence-electron chi connectivity index (χ1n) is 10.1. The third-order valence-corrected chi connectivity index (χ3v) is 5.61. The van der Waals surface area contributed by atoms with E-state index in [0.717, 1.165) is 16.7 Å². The Balaban J connectivity index is 1.63. The molecule has 2 aromatic carbocycles. The maximum Gasteiger partial charge on any atom is 0.278 e. The van der Waals surface area contributed by atoms with E-state index in [0.29, 0.717) is 29.1 Å². The van der Waals surface area contributed by atoms with Crippen LogP contribution in [0.4, 0.5) is 0 Å². The van der Waals surface area contributed by atoms with Crippen LogP contribution in [0.15, 0.2) is 71.9 Å². The van der Waals surface area contributed by atoms with E-state index in [2.05, 4.69) is 4.98 Å². The van der Waals surface area contributed by atoms with Crippen LogP contribution in [0.2, 0.25) is 5.02 Å². The number of aryl methyl sites for hydroxylation is 1. The van der Waals surface area contributed by atoms with Gasteiger partial charge < -0.3 is 9.47 Å². The molecule has 4 aromatic rings. The van der Waals surface area contributed by atoms with E-state index in [1.54, 1.807) is 9.47 Å². The Hall–Kier alpha value is -3.38. The van der Waals surface area contributed by atoms with Crippen molar-refractivity contribution in [3.8, 4) is 11.1 Å². The number of hydrogen-bond acceptors (Lipinski definition) is 3. The van der Waals surface area contributed by atoms with Gasteiger partial charge in [0.1, 0.15) is 17.6 Å². The Labute approximate surface area is 185 Å². The molecule has 6 nitrogen and oxygen atoms in total. The Morgan fingerprint density at radius 1 is 1.10 bits per heavy atom. The zero-order valence-corrected chi connectivity index (χ0v) is 18.2. The highest BCUT2D eigenvalue weighted by molar-refractivity contribution is 6.30. The summed E-state index contributed by atoms with van der Waals surface area (Å²) in [7, 11) is 1.81. The zero-order valence-electron chi connectivity index (χ0n) is 17.5. The van der Waals surface area contributed by atoms with Crippen molar-refractivity contribution in [3.63, 3.8) is 0 Å². The lowest BCUT2D eigenvalue weighted by atomic mass is 10.1. The molecule has 0 fully saturated rings. The molecular formula is C24H23ClN4O2. The van der Waals surface area contributed by atoms with Crippen molar-refractivity contribution in [1.82, 2.24) is 19.0 Å². The highest BCUT2D eigenvalue weighted by Crippen LogP contribution is 2.28. The number of likely N-dealkylation sites (N-methyl/N-ethyl adjacent to an activating group) is 1. The molecule has 0 aliphatic carbocycles. The minimum Gasteiger partial charge on any atom is -0.344 e. The fourth-order valence-corrected chi connectivity index (χ4v) is 3.82. The van der Waals surface area contributed by atoms with Gasteiger partial charge in [0.05, 0.1) is 6.33 Å². The summed E-state index contributed by atoms with van der Waals surface area (Å²) >= 11 is 6.00. The maximum atomic E-state index is 13.2. The fourth-order valence-electron chi connectivity index (χ4n) is 3.69. The second-order valence-corrected chi connectivity index (χ2v) is 7.87. The van der Waals surface area contributed by atoms with E-state index in [9.17, 15) is 9.59 Å². The molecule has 31 heavy (non-hydrogen) atoms. The second kappa shape index (κ2) is 8.78.